The van der Waals surface area contributed by atoms with Gasteiger partial charge in [-0.3, -0.25) is 0 Å². The van der Waals surface area contributed by atoms with Crippen LogP contribution < -0.4 is 4.74 Å². The van der Waals surface area contributed by atoms with Gasteiger partial charge < -0.3 is 9.84 Å². The van der Waals surface area contributed by atoms with E-state index < -0.39 is 11.1 Å². The van der Waals surface area contributed by atoms with Gasteiger partial charge in [0.2, 0.25) is 0 Å². The minimum absolute atomic E-state index is 0.0299. The molecule has 0 fully saturated rings. The largest absolute Gasteiger partial charge is 0.488 e. The van der Waals surface area contributed by atoms with Crippen LogP contribution >= 0.6 is 11.3 Å². The Kier molecular flexibility index (Phi) is 5.30. The van der Waals surface area contributed by atoms with Crippen LogP contribution in [0.3, 0.4) is 0 Å². The van der Waals surface area contributed by atoms with Crippen molar-refractivity contribution in [3.63, 3.8) is 0 Å². The number of aliphatic hydroxyl groups excluding tert-OH is 1. The van der Waals surface area contributed by atoms with Crippen LogP contribution in [-0.2, 0) is 19.4 Å². The van der Waals surface area contributed by atoms with Crippen LogP contribution in [-0.4, -0.2) is 5.11 Å². The molecule has 1 heterocycles. The Balaban J connectivity index is 1.58. The SMILES string of the molecule is OCc1ccc2cc(OCc3cc(-c4ccccc4)c(C(F)(F)F)s3)ccc2c1. The van der Waals surface area contributed by atoms with Crippen LogP contribution in [0.5, 0.6) is 5.75 Å². The van der Waals surface area contributed by atoms with Crippen LogP contribution in [0.2, 0.25) is 0 Å². The predicted molar refractivity (Wildman–Crippen MR) is 109 cm³/mol. The molecule has 0 atom stereocenters. The third-order valence-electron chi connectivity index (χ3n) is 4.57. The first-order chi connectivity index (χ1) is 13.9. The van der Waals surface area contributed by atoms with E-state index in [1.165, 1.54) is 0 Å². The van der Waals surface area contributed by atoms with Gasteiger partial charge in [0, 0.05) is 10.4 Å². The van der Waals surface area contributed by atoms with Crippen molar-refractivity contribution in [3.05, 3.63) is 88.1 Å². The van der Waals surface area contributed by atoms with E-state index in [1.807, 2.05) is 30.3 Å². The lowest BCUT2D eigenvalue weighted by atomic mass is 10.1. The predicted octanol–water partition coefficient (Wildman–Crippen LogP) is 6.66. The van der Waals surface area contributed by atoms with E-state index in [-0.39, 0.29) is 18.8 Å². The number of thiophene rings is 1. The zero-order chi connectivity index (χ0) is 20.4. The highest BCUT2D eigenvalue weighted by Crippen LogP contribution is 2.43. The first kappa shape index (κ1) is 19.5. The van der Waals surface area contributed by atoms with Crippen LogP contribution in [0.4, 0.5) is 13.2 Å². The molecule has 3 aromatic carbocycles. The summed E-state index contributed by atoms with van der Waals surface area (Å²) in [7, 11) is 0. The summed E-state index contributed by atoms with van der Waals surface area (Å²) in [5.74, 6) is 0.581. The summed E-state index contributed by atoms with van der Waals surface area (Å²) in [6.07, 6.45) is -4.42. The Bertz CT molecular complexity index is 1130. The van der Waals surface area contributed by atoms with Crippen molar-refractivity contribution in [2.75, 3.05) is 0 Å². The summed E-state index contributed by atoms with van der Waals surface area (Å²) in [5, 5.41) is 11.1. The highest BCUT2D eigenvalue weighted by atomic mass is 32.1. The molecule has 0 aliphatic heterocycles. The molecule has 0 unspecified atom stereocenters. The van der Waals surface area contributed by atoms with Gasteiger partial charge in [-0.1, -0.05) is 48.5 Å². The molecule has 0 bridgehead atoms. The highest BCUT2D eigenvalue weighted by molar-refractivity contribution is 7.12. The number of halogens is 3. The first-order valence-corrected chi connectivity index (χ1v) is 9.77. The van der Waals surface area contributed by atoms with Crippen LogP contribution in [0, 0.1) is 0 Å². The second-order valence-electron chi connectivity index (χ2n) is 6.61. The van der Waals surface area contributed by atoms with Gasteiger partial charge in [0.15, 0.2) is 0 Å². The van der Waals surface area contributed by atoms with Crippen molar-refractivity contribution in [3.8, 4) is 16.9 Å². The lowest BCUT2D eigenvalue weighted by molar-refractivity contribution is -0.133. The third kappa shape index (κ3) is 4.28. The molecule has 0 saturated carbocycles. The van der Waals surface area contributed by atoms with Gasteiger partial charge >= 0.3 is 6.18 Å². The molecule has 4 rings (SSSR count). The first-order valence-electron chi connectivity index (χ1n) is 8.96. The summed E-state index contributed by atoms with van der Waals surface area (Å²) < 4.78 is 46.3. The number of ether oxygens (including phenoxy) is 1. The van der Waals surface area contributed by atoms with Crippen molar-refractivity contribution in [1.82, 2.24) is 0 Å². The van der Waals surface area contributed by atoms with Crippen molar-refractivity contribution in [2.45, 2.75) is 19.4 Å². The molecule has 0 radical (unpaired) electrons. The van der Waals surface area contributed by atoms with Crippen molar-refractivity contribution < 1.29 is 23.0 Å². The van der Waals surface area contributed by atoms with Gasteiger partial charge in [0.1, 0.15) is 17.2 Å². The second-order valence-corrected chi connectivity index (χ2v) is 7.75. The van der Waals surface area contributed by atoms with Gasteiger partial charge in [0.05, 0.1) is 6.61 Å². The molecule has 0 spiro atoms. The number of hydrogen-bond acceptors (Lipinski definition) is 3. The second kappa shape index (κ2) is 7.89. The molecule has 0 saturated heterocycles. The van der Waals surface area contributed by atoms with Gasteiger partial charge in [0.25, 0.3) is 0 Å². The minimum atomic E-state index is -4.42. The van der Waals surface area contributed by atoms with E-state index in [0.29, 0.717) is 27.5 Å². The Morgan fingerprint density at radius 1 is 0.862 bits per heavy atom. The maximum Gasteiger partial charge on any atom is 0.426 e. The van der Waals surface area contributed by atoms with Crippen molar-refractivity contribution in [2.24, 2.45) is 0 Å². The topological polar surface area (TPSA) is 29.5 Å². The maximum absolute atomic E-state index is 13.5. The van der Waals surface area contributed by atoms with Crippen molar-refractivity contribution in [1.29, 1.82) is 0 Å². The van der Waals surface area contributed by atoms with Gasteiger partial charge in [-0.25, -0.2) is 0 Å². The zero-order valence-corrected chi connectivity index (χ0v) is 16.1. The number of alkyl halides is 3. The van der Waals surface area contributed by atoms with Gasteiger partial charge in [-0.15, -0.1) is 11.3 Å². The van der Waals surface area contributed by atoms with Gasteiger partial charge in [-0.05, 0) is 46.2 Å². The number of aliphatic hydroxyl groups is 1. The fourth-order valence-corrected chi connectivity index (χ4v) is 4.13. The maximum atomic E-state index is 13.5. The molecular formula is C23H17F3O2S. The average molecular weight is 414 g/mol. The quantitative estimate of drug-likeness (QED) is 0.396. The summed E-state index contributed by atoms with van der Waals surface area (Å²) in [4.78, 5) is -0.107. The normalized spacial score (nSPS) is 11.7. The Labute approximate surface area is 169 Å². The van der Waals surface area contributed by atoms with Gasteiger partial charge in [-0.2, -0.15) is 13.2 Å². The van der Waals surface area contributed by atoms with E-state index in [4.69, 9.17) is 4.74 Å². The Morgan fingerprint density at radius 3 is 2.31 bits per heavy atom. The van der Waals surface area contributed by atoms with E-state index in [2.05, 4.69) is 0 Å². The summed E-state index contributed by atoms with van der Waals surface area (Å²) >= 11 is 0.711. The molecule has 148 valence electrons. The average Bonchev–Trinajstić information content (AvgIpc) is 3.17. The molecule has 1 aromatic heterocycles. The number of hydrogen-bond donors (Lipinski definition) is 1. The molecule has 1 N–H and O–H groups in total. The molecule has 0 aliphatic carbocycles. The number of rotatable bonds is 5. The monoisotopic (exact) mass is 414 g/mol. The summed E-state index contributed by atoms with van der Waals surface area (Å²) in [6, 6.07) is 21.2. The molecule has 0 aliphatic rings. The zero-order valence-electron chi connectivity index (χ0n) is 15.2. The van der Waals surface area contributed by atoms with Crippen LogP contribution in [0.1, 0.15) is 15.3 Å². The summed E-state index contributed by atoms with van der Waals surface area (Å²) in [5.41, 5.74) is 1.53. The van der Waals surface area contributed by atoms with E-state index in [9.17, 15) is 18.3 Å². The Hall–Kier alpha value is -2.83. The van der Waals surface area contributed by atoms with E-state index in [0.717, 1.165) is 16.3 Å². The molecule has 4 aromatic rings. The third-order valence-corrected chi connectivity index (χ3v) is 5.72. The molecule has 29 heavy (non-hydrogen) atoms. The molecule has 2 nitrogen and oxygen atoms in total. The number of fused-ring (bicyclic) bond motifs is 1. The molecule has 0 amide bonds. The van der Waals surface area contributed by atoms with Crippen LogP contribution in [0.25, 0.3) is 21.9 Å². The smallest absolute Gasteiger partial charge is 0.426 e. The van der Waals surface area contributed by atoms with Crippen LogP contribution in [0.15, 0.2) is 72.8 Å². The summed E-state index contributed by atoms with van der Waals surface area (Å²) in [6.45, 7) is 0.0265. The highest BCUT2D eigenvalue weighted by Gasteiger charge is 2.36. The fourth-order valence-electron chi connectivity index (χ4n) is 3.17. The number of benzene rings is 3. The molecular weight excluding hydrogens is 397 g/mol. The standard InChI is InChI=1S/C23H17F3O2S/c24-23(25,26)22-21(16-4-2-1-3-5-16)12-20(29-22)14-28-19-9-8-17-10-15(13-27)6-7-18(17)11-19/h1-12,27H,13-14H2. The van der Waals surface area contributed by atoms with E-state index in [1.54, 1.807) is 42.5 Å². The Morgan fingerprint density at radius 2 is 1.59 bits per heavy atom. The lowest BCUT2D eigenvalue weighted by Gasteiger charge is -2.07. The fraction of sp³-hybridized carbons (Fsp3) is 0.130. The molecule has 6 heteroatoms. The minimum Gasteiger partial charge on any atom is -0.488 e. The van der Waals surface area contributed by atoms with E-state index >= 15 is 0 Å². The lowest BCUT2D eigenvalue weighted by Crippen LogP contribution is -2.03. The van der Waals surface area contributed by atoms with Crippen molar-refractivity contribution >= 4 is 22.1 Å².